The second-order valence-electron chi connectivity index (χ2n) is 7.95. The Labute approximate surface area is 195 Å². The van der Waals surface area contributed by atoms with Gasteiger partial charge in [-0.05, 0) is 24.6 Å². The van der Waals surface area contributed by atoms with E-state index in [4.69, 9.17) is 21.6 Å². The monoisotopic (exact) mass is 450 g/mol. The highest BCUT2D eigenvalue weighted by molar-refractivity contribution is 7.26. The van der Waals surface area contributed by atoms with Crippen molar-refractivity contribution in [3.05, 3.63) is 108 Å². The van der Waals surface area contributed by atoms with Gasteiger partial charge in [-0.1, -0.05) is 90.5 Å². The summed E-state index contributed by atoms with van der Waals surface area (Å²) in [6.45, 7) is 0. The Morgan fingerprint density at radius 3 is 2.59 bits per heavy atom. The smallest absolute Gasteiger partial charge is 0.160 e. The minimum atomic E-state index is 0.254. The third kappa shape index (κ3) is 3.44. The fourth-order valence-electron chi connectivity index (χ4n) is 4.28. The number of thiophene rings is 1. The van der Waals surface area contributed by atoms with Crippen molar-refractivity contribution >= 4 is 43.1 Å². The summed E-state index contributed by atoms with van der Waals surface area (Å²) in [7, 11) is 0. The fourth-order valence-corrected chi connectivity index (χ4v) is 5.79. The number of fused-ring (bicyclic) bond motifs is 3. The number of hydrogen-bond donors (Lipinski definition) is 0. The van der Waals surface area contributed by atoms with E-state index in [-0.39, 0.29) is 5.92 Å². The van der Waals surface area contributed by atoms with Gasteiger partial charge in [-0.2, -0.15) is 0 Å². The average Bonchev–Trinajstić information content (AvgIpc) is 3.22. The van der Waals surface area contributed by atoms with Crippen molar-refractivity contribution in [1.82, 2.24) is 9.97 Å². The van der Waals surface area contributed by atoms with Crippen LogP contribution in [0.15, 0.2) is 97.1 Å². The fraction of sp³-hybridized carbons (Fsp3) is 0.0714. The summed E-state index contributed by atoms with van der Waals surface area (Å²) < 4.78 is 2.42. The van der Waals surface area contributed by atoms with Crippen LogP contribution in [0.3, 0.4) is 0 Å². The third-order valence-corrected chi connectivity index (χ3v) is 7.31. The quantitative estimate of drug-likeness (QED) is 0.275. The van der Waals surface area contributed by atoms with Gasteiger partial charge < -0.3 is 0 Å². The number of nitrogens with zero attached hydrogens (tertiary/aromatic N) is 2. The maximum absolute atomic E-state index is 6.27. The first kappa shape index (κ1) is 19.4. The maximum Gasteiger partial charge on any atom is 0.160 e. The van der Waals surface area contributed by atoms with Crippen LogP contribution in [0.2, 0.25) is 5.02 Å². The zero-order valence-corrected chi connectivity index (χ0v) is 18.8. The van der Waals surface area contributed by atoms with Crippen LogP contribution in [0.1, 0.15) is 18.0 Å². The molecule has 2 nitrogen and oxygen atoms in total. The van der Waals surface area contributed by atoms with Crippen molar-refractivity contribution in [3.8, 4) is 22.6 Å². The molecule has 2 aromatic heterocycles. The molecule has 0 saturated carbocycles. The molecule has 32 heavy (non-hydrogen) atoms. The number of rotatable bonds is 3. The van der Waals surface area contributed by atoms with E-state index in [1.807, 2.05) is 30.3 Å². The Hall–Kier alpha value is -3.27. The van der Waals surface area contributed by atoms with E-state index in [9.17, 15) is 0 Å². The third-order valence-electron chi connectivity index (χ3n) is 5.88. The Bertz CT molecular complexity index is 1520. The van der Waals surface area contributed by atoms with Crippen molar-refractivity contribution in [2.45, 2.75) is 12.3 Å². The topological polar surface area (TPSA) is 25.8 Å². The van der Waals surface area contributed by atoms with E-state index >= 15 is 0 Å². The molecular weight excluding hydrogens is 432 g/mol. The molecule has 1 atom stereocenters. The zero-order valence-electron chi connectivity index (χ0n) is 17.2. The molecule has 0 saturated heterocycles. The summed E-state index contributed by atoms with van der Waals surface area (Å²) in [5.41, 5.74) is 4.17. The highest BCUT2D eigenvalue weighted by Gasteiger charge is 2.18. The number of aromatic nitrogens is 2. The molecular formula is C28H19ClN2S. The van der Waals surface area contributed by atoms with Crippen molar-refractivity contribution in [3.63, 3.8) is 0 Å². The van der Waals surface area contributed by atoms with Gasteiger partial charge in [-0.15, -0.1) is 11.3 Å². The van der Waals surface area contributed by atoms with E-state index < -0.39 is 0 Å². The molecule has 0 radical (unpaired) electrons. The largest absolute Gasteiger partial charge is 0.232 e. The molecule has 0 N–H and O–H groups in total. The van der Waals surface area contributed by atoms with Crippen LogP contribution < -0.4 is 0 Å². The zero-order chi connectivity index (χ0) is 21.5. The van der Waals surface area contributed by atoms with Crippen LogP contribution in [0.5, 0.6) is 0 Å². The van der Waals surface area contributed by atoms with Crippen LogP contribution in [0.25, 0.3) is 42.8 Å². The lowest BCUT2D eigenvalue weighted by molar-refractivity contribution is 0.811. The highest BCUT2D eigenvalue weighted by atomic mass is 35.5. The first-order valence-corrected chi connectivity index (χ1v) is 11.8. The minimum absolute atomic E-state index is 0.254. The second kappa shape index (κ2) is 8.01. The molecule has 0 fully saturated rings. The van der Waals surface area contributed by atoms with Gasteiger partial charge in [0.25, 0.3) is 0 Å². The number of hydrogen-bond acceptors (Lipinski definition) is 3. The maximum atomic E-state index is 6.27. The lowest BCUT2D eigenvalue weighted by Crippen LogP contribution is -2.04. The van der Waals surface area contributed by atoms with E-state index in [1.54, 1.807) is 11.3 Å². The summed E-state index contributed by atoms with van der Waals surface area (Å²) in [4.78, 5) is 10.0. The van der Waals surface area contributed by atoms with Gasteiger partial charge in [-0.25, -0.2) is 9.97 Å². The standard InChI is InChI=1S/C28H19ClN2S/c29-20-14-15-21-22-12-7-13-23(27(22)32-26(21)16-20)25-17-24(18-8-3-1-4-9-18)30-28(31-25)19-10-5-2-6-11-19/h1-8,10-18H,9H2. The predicted octanol–water partition coefficient (Wildman–Crippen LogP) is 8.43. The Kier molecular flexibility index (Phi) is 4.86. The molecule has 0 spiro atoms. The number of allylic oxidation sites excluding steroid dienone is 4. The summed E-state index contributed by atoms with van der Waals surface area (Å²) in [5.74, 6) is 1.02. The lowest BCUT2D eigenvalue weighted by Gasteiger charge is -2.15. The van der Waals surface area contributed by atoms with Gasteiger partial charge in [-0.3, -0.25) is 0 Å². The summed E-state index contributed by atoms with van der Waals surface area (Å²) in [6, 6.07) is 25.0. The molecule has 1 aliphatic carbocycles. The molecule has 3 aromatic carbocycles. The Morgan fingerprint density at radius 1 is 0.844 bits per heavy atom. The normalized spacial score (nSPS) is 15.6. The van der Waals surface area contributed by atoms with Crippen LogP contribution in [-0.4, -0.2) is 9.97 Å². The molecule has 2 heterocycles. The van der Waals surface area contributed by atoms with Gasteiger partial charge in [0.05, 0.1) is 11.4 Å². The molecule has 5 aromatic rings. The molecule has 1 aliphatic rings. The number of benzene rings is 3. The van der Waals surface area contributed by atoms with E-state index in [2.05, 4.69) is 66.8 Å². The molecule has 0 amide bonds. The molecule has 0 aliphatic heterocycles. The first-order chi connectivity index (χ1) is 15.8. The summed E-state index contributed by atoms with van der Waals surface area (Å²) >= 11 is 8.04. The first-order valence-electron chi connectivity index (χ1n) is 10.7. The van der Waals surface area contributed by atoms with E-state index in [0.717, 1.165) is 39.8 Å². The van der Waals surface area contributed by atoms with Gasteiger partial charge in [0.2, 0.25) is 0 Å². The SMILES string of the molecule is Clc1ccc2c(c1)sc1c(-c3cc(C4C=CC=CC4)nc(-c4ccccc4)n3)cccc12. The van der Waals surface area contributed by atoms with Gasteiger partial charge in [0.15, 0.2) is 5.82 Å². The molecule has 154 valence electrons. The summed E-state index contributed by atoms with van der Waals surface area (Å²) in [6.07, 6.45) is 9.58. The van der Waals surface area contributed by atoms with Gasteiger partial charge in [0, 0.05) is 42.2 Å². The van der Waals surface area contributed by atoms with E-state index in [1.165, 1.54) is 20.2 Å². The Morgan fingerprint density at radius 2 is 1.75 bits per heavy atom. The van der Waals surface area contributed by atoms with Crippen LogP contribution in [0, 0.1) is 0 Å². The minimum Gasteiger partial charge on any atom is -0.232 e. The highest BCUT2D eigenvalue weighted by Crippen LogP contribution is 2.41. The summed E-state index contributed by atoms with van der Waals surface area (Å²) in [5, 5.41) is 3.23. The van der Waals surface area contributed by atoms with E-state index in [0.29, 0.717) is 0 Å². The van der Waals surface area contributed by atoms with Gasteiger partial charge in [0.1, 0.15) is 0 Å². The predicted molar refractivity (Wildman–Crippen MR) is 136 cm³/mol. The second-order valence-corrected chi connectivity index (χ2v) is 9.44. The molecule has 1 unspecified atom stereocenters. The Balaban J connectivity index is 1.59. The van der Waals surface area contributed by atoms with Crippen molar-refractivity contribution in [2.24, 2.45) is 0 Å². The van der Waals surface area contributed by atoms with Crippen molar-refractivity contribution in [2.75, 3.05) is 0 Å². The average molecular weight is 451 g/mol. The molecule has 0 bridgehead atoms. The van der Waals surface area contributed by atoms with Crippen LogP contribution >= 0.6 is 22.9 Å². The molecule has 4 heteroatoms. The van der Waals surface area contributed by atoms with Crippen LogP contribution in [-0.2, 0) is 0 Å². The van der Waals surface area contributed by atoms with Crippen molar-refractivity contribution < 1.29 is 0 Å². The number of halogens is 1. The van der Waals surface area contributed by atoms with Crippen molar-refractivity contribution in [1.29, 1.82) is 0 Å². The van der Waals surface area contributed by atoms with Crippen LogP contribution in [0.4, 0.5) is 0 Å². The molecule has 6 rings (SSSR count). The lowest BCUT2D eigenvalue weighted by atomic mass is 9.95. The van der Waals surface area contributed by atoms with Gasteiger partial charge >= 0.3 is 0 Å².